The Balaban J connectivity index is 3.00. The maximum absolute atomic E-state index is 13.5. The van der Waals surface area contributed by atoms with E-state index in [4.69, 9.17) is 5.26 Å². The number of nitrogens with zero attached hydrogens (tertiary/aromatic N) is 2. The van der Waals surface area contributed by atoms with Crippen molar-refractivity contribution in [2.75, 3.05) is 0 Å². The standard InChI is InChI=1S/C9H6FN3O/c1-13-6-3-2-5(4-11)7(10)8(6)12-9(13)14/h2-3H,1H3,(H,12,14). The Hall–Kier alpha value is -2.09. The molecule has 1 aromatic carbocycles. The molecule has 70 valence electrons. The van der Waals surface area contributed by atoms with E-state index < -0.39 is 11.5 Å². The Morgan fingerprint density at radius 3 is 2.93 bits per heavy atom. The summed E-state index contributed by atoms with van der Waals surface area (Å²) in [5, 5.41) is 8.57. The first kappa shape index (κ1) is 8.51. The lowest BCUT2D eigenvalue weighted by molar-refractivity contribution is 0.633. The lowest BCUT2D eigenvalue weighted by Gasteiger charge is -1.95. The summed E-state index contributed by atoms with van der Waals surface area (Å²) in [6.07, 6.45) is 0. The maximum Gasteiger partial charge on any atom is 0.326 e. The molecule has 0 fully saturated rings. The fourth-order valence-electron chi connectivity index (χ4n) is 1.35. The van der Waals surface area contributed by atoms with Crippen molar-refractivity contribution in [3.05, 3.63) is 34.0 Å². The number of halogens is 1. The van der Waals surface area contributed by atoms with Crippen molar-refractivity contribution in [2.45, 2.75) is 0 Å². The molecule has 0 amide bonds. The molecule has 4 nitrogen and oxygen atoms in total. The summed E-state index contributed by atoms with van der Waals surface area (Å²) in [4.78, 5) is 13.5. The van der Waals surface area contributed by atoms with Gasteiger partial charge in [-0.1, -0.05) is 0 Å². The molecule has 0 unspecified atom stereocenters. The second kappa shape index (κ2) is 2.70. The average Bonchev–Trinajstić information content (AvgIpc) is 2.46. The number of fused-ring (bicyclic) bond motifs is 1. The van der Waals surface area contributed by atoms with Gasteiger partial charge in [0.1, 0.15) is 11.6 Å². The number of nitriles is 1. The predicted octanol–water partition coefficient (Wildman–Crippen LogP) is 0.877. The summed E-state index contributed by atoms with van der Waals surface area (Å²) in [6.45, 7) is 0. The minimum atomic E-state index is -0.678. The van der Waals surface area contributed by atoms with Crippen LogP contribution in [0.2, 0.25) is 0 Å². The van der Waals surface area contributed by atoms with E-state index in [9.17, 15) is 9.18 Å². The van der Waals surface area contributed by atoms with E-state index in [1.165, 1.54) is 23.7 Å². The Bertz CT molecular complexity index is 603. The number of nitrogens with one attached hydrogen (secondary N) is 1. The molecule has 0 radical (unpaired) electrons. The van der Waals surface area contributed by atoms with Crippen LogP contribution in [-0.4, -0.2) is 9.55 Å². The molecule has 14 heavy (non-hydrogen) atoms. The minimum Gasteiger partial charge on any atom is -0.303 e. The third kappa shape index (κ3) is 0.941. The molecule has 0 saturated carbocycles. The number of aromatic nitrogens is 2. The summed E-state index contributed by atoms with van der Waals surface area (Å²) < 4.78 is 14.7. The van der Waals surface area contributed by atoms with Crippen LogP contribution in [0.25, 0.3) is 11.0 Å². The van der Waals surface area contributed by atoms with E-state index >= 15 is 0 Å². The summed E-state index contributed by atoms with van der Waals surface area (Å²) in [7, 11) is 1.53. The fourth-order valence-corrected chi connectivity index (χ4v) is 1.35. The number of rotatable bonds is 0. The molecule has 2 rings (SSSR count). The fraction of sp³-hybridized carbons (Fsp3) is 0.111. The topological polar surface area (TPSA) is 61.6 Å². The van der Waals surface area contributed by atoms with Crippen molar-refractivity contribution in [2.24, 2.45) is 7.05 Å². The molecule has 1 heterocycles. The average molecular weight is 191 g/mol. The lowest BCUT2D eigenvalue weighted by Crippen LogP contribution is -2.11. The second-order valence-electron chi connectivity index (χ2n) is 2.92. The van der Waals surface area contributed by atoms with Gasteiger partial charge in [-0.2, -0.15) is 5.26 Å². The first-order valence-corrected chi connectivity index (χ1v) is 3.92. The highest BCUT2D eigenvalue weighted by molar-refractivity contribution is 5.77. The van der Waals surface area contributed by atoms with Gasteiger partial charge in [0, 0.05) is 7.05 Å². The number of benzene rings is 1. The van der Waals surface area contributed by atoms with Gasteiger partial charge in [-0.25, -0.2) is 9.18 Å². The Kier molecular flexibility index (Phi) is 1.64. The zero-order chi connectivity index (χ0) is 10.3. The van der Waals surface area contributed by atoms with Gasteiger partial charge in [0.15, 0.2) is 5.82 Å². The molecule has 0 bridgehead atoms. The van der Waals surface area contributed by atoms with Crippen molar-refractivity contribution < 1.29 is 4.39 Å². The van der Waals surface area contributed by atoms with Crippen LogP contribution in [0.3, 0.4) is 0 Å². The van der Waals surface area contributed by atoms with Gasteiger partial charge in [-0.15, -0.1) is 0 Å². The monoisotopic (exact) mass is 191 g/mol. The molecular weight excluding hydrogens is 185 g/mol. The largest absolute Gasteiger partial charge is 0.326 e. The van der Waals surface area contributed by atoms with Crippen LogP contribution in [0.15, 0.2) is 16.9 Å². The van der Waals surface area contributed by atoms with Crippen LogP contribution in [0.4, 0.5) is 4.39 Å². The van der Waals surface area contributed by atoms with E-state index in [0.717, 1.165) is 0 Å². The molecule has 1 N–H and O–H groups in total. The summed E-state index contributed by atoms with van der Waals surface area (Å²) in [6, 6.07) is 4.60. The minimum absolute atomic E-state index is 0.0700. The molecule has 2 aromatic rings. The van der Waals surface area contributed by atoms with Crippen molar-refractivity contribution in [1.82, 2.24) is 9.55 Å². The number of H-pyrrole nitrogens is 1. The maximum atomic E-state index is 13.5. The van der Waals surface area contributed by atoms with Gasteiger partial charge in [0.25, 0.3) is 0 Å². The van der Waals surface area contributed by atoms with Crippen molar-refractivity contribution in [3.63, 3.8) is 0 Å². The molecule has 5 heteroatoms. The SMILES string of the molecule is Cn1c(=O)[nH]c2c(F)c(C#N)ccc21. The highest BCUT2D eigenvalue weighted by Gasteiger charge is 2.11. The first-order chi connectivity index (χ1) is 6.65. The quantitative estimate of drug-likeness (QED) is 0.671. The number of aromatic amines is 1. The van der Waals surface area contributed by atoms with Gasteiger partial charge in [0.2, 0.25) is 0 Å². The van der Waals surface area contributed by atoms with Crippen molar-refractivity contribution >= 4 is 11.0 Å². The first-order valence-electron chi connectivity index (χ1n) is 3.92. The van der Waals surface area contributed by atoms with Gasteiger partial charge in [0.05, 0.1) is 11.1 Å². The van der Waals surface area contributed by atoms with Crippen LogP contribution < -0.4 is 5.69 Å². The Morgan fingerprint density at radius 1 is 1.57 bits per heavy atom. The predicted molar refractivity (Wildman–Crippen MR) is 48.2 cm³/mol. The molecule has 0 spiro atoms. The molecule has 0 aliphatic heterocycles. The van der Waals surface area contributed by atoms with Crippen LogP contribution in [0, 0.1) is 17.1 Å². The van der Waals surface area contributed by atoms with Crippen LogP contribution in [0.5, 0.6) is 0 Å². The Labute approximate surface area is 78.2 Å². The van der Waals surface area contributed by atoms with E-state index in [2.05, 4.69) is 4.98 Å². The van der Waals surface area contributed by atoms with E-state index in [0.29, 0.717) is 5.52 Å². The van der Waals surface area contributed by atoms with Gasteiger partial charge in [-0.05, 0) is 12.1 Å². The zero-order valence-electron chi connectivity index (χ0n) is 7.34. The number of aryl methyl sites for hydroxylation is 1. The normalized spacial score (nSPS) is 10.4. The second-order valence-corrected chi connectivity index (χ2v) is 2.92. The van der Waals surface area contributed by atoms with Crippen molar-refractivity contribution in [3.8, 4) is 6.07 Å². The van der Waals surface area contributed by atoms with Crippen molar-refractivity contribution in [1.29, 1.82) is 5.26 Å². The summed E-state index contributed by atoms with van der Waals surface area (Å²) in [5.74, 6) is -0.678. The Morgan fingerprint density at radius 2 is 2.29 bits per heavy atom. The molecule has 0 saturated heterocycles. The molecule has 0 aliphatic carbocycles. The van der Waals surface area contributed by atoms with Gasteiger partial charge in [-0.3, -0.25) is 4.57 Å². The summed E-state index contributed by atoms with van der Waals surface area (Å²) >= 11 is 0. The molecule has 0 aliphatic rings. The highest BCUT2D eigenvalue weighted by atomic mass is 19.1. The molecule has 1 aromatic heterocycles. The highest BCUT2D eigenvalue weighted by Crippen LogP contribution is 2.16. The molecule has 0 atom stereocenters. The third-order valence-electron chi connectivity index (χ3n) is 2.14. The lowest BCUT2D eigenvalue weighted by atomic mass is 10.2. The zero-order valence-corrected chi connectivity index (χ0v) is 7.34. The van der Waals surface area contributed by atoms with Crippen LogP contribution in [0.1, 0.15) is 5.56 Å². The molecular formula is C9H6FN3O. The van der Waals surface area contributed by atoms with Gasteiger partial charge < -0.3 is 4.98 Å². The van der Waals surface area contributed by atoms with E-state index in [1.807, 2.05) is 0 Å². The van der Waals surface area contributed by atoms with Crippen LogP contribution >= 0.6 is 0 Å². The third-order valence-corrected chi connectivity index (χ3v) is 2.14. The van der Waals surface area contributed by atoms with E-state index in [-0.39, 0.29) is 11.1 Å². The number of hydrogen-bond acceptors (Lipinski definition) is 2. The smallest absolute Gasteiger partial charge is 0.303 e. The van der Waals surface area contributed by atoms with Crippen LogP contribution in [-0.2, 0) is 7.05 Å². The number of imidazole rings is 1. The van der Waals surface area contributed by atoms with Gasteiger partial charge >= 0.3 is 5.69 Å². The number of hydrogen-bond donors (Lipinski definition) is 1. The van der Waals surface area contributed by atoms with E-state index in [1.54, 1.807) is 6.07 Å². The summed E-state index contributed by atoms with van der Waals surface area (Å²) in [5.41, 5.74) is 0.0661.